The predicted molar refractivity (Wildman–Crippen MR) is 157 cm³/mol. The average molecular weight is 532 g/mol. The van der Waals surface area contributed by atoms with E-state index in [1.807, 2.05) is 32.9 Å². The molecule has 0 aliphatic carbocycles. The van der Waals surface area contributed by atoms with Crippen LogP contribution in [0.25, 0.3) is 11.0 Å². The Morgan fingerprint density at radius 3 is 2.64 bits per heavy atom. The molecule has 206 valence electrons. The Labute approximate surface area is 228 Å². The number of hydrogen-bond donors (Lipinski definition) is 1. The lowest BCUT2D eigenvalue weighted by atomic mass is 10.1. The minimum atomic E-state index is -0.276. The van der Waals surface area contributed by atoms with Crippen LogP contribution in [0, 0.1) is 0 Å². The first-order chi connectivity index (χ1) is 18.8. The zero-order valence-corrected chi connectivity index (χ0v) is 23.3. The first-order valence-electron chi connectivity index (χ1n) is 13.1. The van der Waals surface area contributed by atoms with Gasteiger partial charge in [0, 0.05) is 49.3 Å². The van der Waals surface area contributed by atoms with Gasteiger partial charge in [0.2, 0.25) is 12.4 Å². The van der Waals surface area contributed by atoms with Gasteiger partial charge in [0.15, 0.2) is 11.5 Å². The predicted octanol–water partition coefficient (Wildman–Crippen LogP) is 3.27. The highest BCUT2D eigenvalue weighted by Gasteiger charge is 2.21. The summed E-state index contributed by atoms with van der Waals surface area (Å²) in [5, 5.41) is 9.40. The van der Waals surface area contributed by atoms with Crippen LogP contribution < -0.4 is 15.8 Å². The van der Waals surface area contributed by atoms with E-state index in [2.05, 4.69) is 57.9 Å². The van der Waals surface area contributed by atoms with Gasteiger partial charge in [-0.2, -0.15) is 10.1 Å². The SMILES string of the molecule is C=CCn1c(=O)c2cnc(Nc3ccc(N4CCN(C)C(C)C4)cc3)nc2n1C(/C=C\C)=N/N(C=O)C(C)C. The molecule has 3 heterocycles. The number of hydrazone groups is 1. The van der Waals surface area contributed by atoms with Crippen LogP contribution in [0.1, 0.15) is 27.7 Å². The number of likely N-dealkylation sites (N-methyl/N-ethyl adjacent to an activating group) is 1. The summed E-state index contributed by atoms with van der Waals surface area (Å²) in [5.41, 5.74) is 2.09. The number of nitrogens with one attached hydrogen (secondary N) is 1. The number of allylic oxidation sites excluding steroid dienone is 3. The van der Waals surface area contributed by atoms with Crippen molar-refractivity contribution in [2.45, 2.75) is 46.3 Å². The molecule has 1 aromatic carbocycles. The molecule has 1 saturated heterocycles. The molecular weight excluding hydrogens is 494 g/mol. The number of rotatable bonds is 9. The highest BCUT2D eigenvalue weighted by molar-refractivity contribution is 5.99. The molecule has 0 bridgehead atoms. The molecule has 11 nitrogen and oxygen atoms in total. The van der Waals surface area contributed by atoms with E-state index in [4.69, 9.17) is 4.98 Å². The van der Waals surface area contributed by atoms with Crippen LogP contribution >= 0.6 is 0 Å². The third-order valence-electron chi connectivity index (χ3n) is 6.81. The summed E-state index contributed by atoms with van der Waals surface area (Å²) < 4.78 is 3.08. The maximum atomic E-state index is 13.3. The van der Waals surface area contributed by atoms with Crippen molar-refractivity contribution in [3.05, 3.63) is 65.6 Å². The molecule has 39 heavy (non-hydrogen) atoms. The lowest BCUT2D eigenvalue weighted by molar-refractivity contribution is -0.119. The zero-order chi connectivity index (χ0) is 28.1. The minimum absolute atomic E-state index is 0.173. The van der Waals surface area contributed by atoms with Gasteiger partial charge in [0.1, 0.15) is 5.39 Å². The summed E-state index contributed by atoms with van der Waals surface area (Å²) in [4.78, 5) is 38.8. The van der Waals surface area contributed by atoms with Gasteiger partial charge in [-0.1, -0.05) is 12.2 Å². The number of benzene rings is 1. The van der Waals surface area contributed by atoms with E-state index < -0.39 is 0 Å². The van der Waals surface area contributed by atoms with Crippen LogP contribution in [-0.2, 0) is 11.3 Å². The monoisotopic (exact) mass is 531 g/mol. The van der Waals surface area contributed by atoms with Crippen molar-refractivity contribution in [1.29, 1.82) is 0 Å². The van der Waals surface area contributed by atoms with E-state index in [1.165, 1.54) is 21.6 Å². The fourth-order valence-corrected chi connectivity index (χ4v) is 4.45. The number of carbonyl (C=O) groups excluding carboxylic acids is 1. The summed E-state index contributed by atoms with van der Waals surface area (Å²) in [6.45, 7) is 14.8. The molecular formula is C28H37N9O2. The van der Waals surface area contributed by atoms with Crippen LogP contribution in [0.15, 0.2) is 65.2 Å². The number of piperazine rings is 1. The molecule has 3 aromatic rings. The summed E-state index contributed by atoms with van der Waals surface area (Å²) in [7, 11) is 2.16. The lowest BCUT2D eigenvalue weighted by Gasteiger charge is -2.39. The smallest absolute Gasteiger partial charge is 0.278 e. The van der Waals surface area contributed by atoms with E-state index in [1.54, 1.807) is 22.9 Å². The number of amides is 1. The number of anilines is 3. The molecule has 11 heteroatoms. The van der Waals surface area contributed by atoms with Crippen LogP contribution in [-0.4, -0.2) is 80.3 Å². The quantitative estimate of drug-likeness (QED) is 0.149. The first-order valence-corrected chi connectivity index (χ1v) is 13.1. The van der Waals surface area contributed by atoms with Crippen LogP contribution in [0.4, 0.5) is 17.3 Å². The van der Waals surface area contributed by atoms with Crippen molar-refractivity contribution >= 4 is 40.6 Å². The largest absolute Gasteiger partial charge is 0.369 e. The molecule has 1 atom stereocenters. The summed E-state index contributed by atoms with van der Waals surface area (Å²) in [6.07, 6.45) is 7.31. The molecule has 1 amide bonds. The molecule has 0 radical (unpaired) electrons. The summed E-state index contributed by atoms with van der Waals surface area (Å²) in [6, 6.07) is 8.50. The van der Waals surface area contributed by atoms with E-state index >= 15 is 0 Å². The van der Waals surface area contributed by atoms with Crippen molar-refractivity contribution < 1.29 is 4.79 Å². The van der Waals surface area contributed by atoms with Crippen molar-refractivity contribution in [3.8, 4) is 0 Å². The van der Waals surface area contributed by atoms with E-state index in [-0.39, 0.29) is 18.1 Å². The van der Waals surface area contributed by atoms with Crippen molar-refractivity contribution in [2.75, 3.05) is 36.9 Å². The van der Waals surface area contributed by atoms with Crippen molar-refractivity contribution in [3.63, 3.8) is 0 Å². The average Bonchev–Trinajstić information content (AvgIpc) is 3.19. The van der Waals surface area contributed by atoms with Gasteiger partial charge in [0.05, 0.1) is 6.54 Å². The Balaban J connectivity index is 1.71. The molecule has 1 N–H and O–H groups in total. The summed E-state index contributed by atoms with van der Waals surface area (Å²) >= 11 is 0. The number of hydrogen-bond acceptors (Lipinski definition) is 8. The summed E-state index contributed by atoms with van der Waals surface area (Å²) in [5.74, 6) is 0.701. The van der Waals surface area contributed by atoms with Crippen LogP contribution in [0.5, 0.6) is 0 Å². The molecule has 1 aliphatic heterocycles. The van der Waals surface area contributed by atoms with Gasteiger partial charge >= 0.3 is 0 Å². The maximum Gasteiger partial charge on any atom is 0.278 e. The topological polar surface area (TPSA) is 104 Å². The second kappa shape index (κ2) is 12.1. The maximum absolute atomic E-state index is 13.3. The van der Waals surface area contributed by atoms with E-state index in [9.17, 15) is 9.59 Å². The minimum Gasteiger partial charge on any atom is -0.369 e. The van der Waals surface area contributed by atoms with Gasteiger partial charge < -0.3 is 15.1 Å². The fourth-order valence-electron chi connectivity index (χ4n) is 4.45. The Morgan fingerprint density at radius 2 is 2.03 bits per heavy atom. The van der Waals surface area contributed by atoms with Gasteiger partial charge in [-0.25, -0.2) is 19.4 Å². The Morgan fingerprint density at radius 1 is 1.28 bits per heavy atom. The third kappa shape index (κ3) is 5.93. The van der Waals surface area contributed by atoms with Gasteiger partial charge in [-0.3, -0.25) is 9.59 Å². The highest BCUT2D eigenvalue weighted by atomic mass is 16.1. The van der Waals surface area contributed by atoms with E-state index in [0.717, 1.165) is 25.3 Å². The van der Waals surface area contributed by atoms with Gasteiger partial charge in [0.25, 0.3) is 5.56 Å². The lowest BCUT2D eigenvalue weighted by Crippen LogP contribution is -2.50. The molecule has 1 fully saturated rings. The highest BCUT2D eigenvalue weighted by Crippen LogP contribution is 2.23. The first kappa shape index (κ1) is 27.8. The number of nitrogens with zero attached hydrogens (tertiary/aromatic N) is 8. The Hall–Kier alpha value is -4.25. The van der Waals surface area contributed by atoms with Gasteiger partial charge in [-0.05, 0) is 65.1 Å². The molecule has 1 aliphatic rings. The second-order valence-electron chi connectivity index (χ2n) is 9.90. The Bertz CT molecular complexity index is 1440. The normalized spacial score (nSPS) is 16.8. The van der Waals surface area contributed by atoms with E-state index in [0.29, 0.717) is 35.3 Å². The van der Waals surface area contributed by atoms with Gasteiger partial charge in [-0.15, -0.1) is 6.58 Å². The molecule has 0 spiro atoms. The standard InChI is InChI=1S/C28H37N9O2/c1-7-9-25(32-35(19-38)20(3)4)37-26-24(27(39)36(37)14-8-2)17-29-28(31-26)30-22-10-12-23(13-11-22)34-16-15-33(6)21(5)18-34/h7-13,17,19-21H,2,14-16,18H2,1,3-6H3,(H,29,30,31)/b9-7-,32-25+. The second-order valence-corrected chi connectivity index (χ2v) is 9.90. The zero-order valence-electron chi connectivity index (χ0n) is 23.3. The van der Waals surface area contributed by atoms with Crippen molar-refractivity contribution in [1.82, 2.24) is 29.2 Å². The molecule has 0 saturated carbocycles. The number of carbonyl (C=O) groups is 1. The number of fused-ring (bicyclic) bond motifs is 1. The molecule has 4 rings (SSSR count). The number of aromatic nitrogens is 4. The Kier molecular flexibility index (Phi) is 8.60. The molecule has 1 unspecified atom stereocenters. The molecule has 2 aromatic heterocycles. The fraction of sp³-hybridized carbons (Fsp3) is 0.393. The third-order valence-corrected chi connectivity index (χ3v) is 6.81. The van der Waals surface area contributed by atoms with Crippen LogP contribution in [0.3, 0.4) is 0 Å². The van der Waals surface area contributed by atoms with Crippen LogP contribution in [0.2, 0.25) is 0 Å². The van der Waals surface area contributed by atoms with Crippen molar-refractivity contribution in [2.24, 2.45) is 5.10 Å².